The molecule has 0 aliphatic rings. The zero-order valence-electron chi connectivity index (χ0n) is 14.2. The maximum atomic E-state index is 12.1. The van der Waals surface area contributed by atoms with Gasteiger partial charge in [-0.1, -0.05) is 17.7 Å². The minimum atomic E-state index is -0.188. The van der Waals surface area contributed by atoms with E-state index < -0.39 is 0 Å². The van der Waals surface area contributed by atoms with Crippen molar-refractivity contribution < 1.29 is 19.0 Å². The molecule has 0 atom stereocenters. The number of rotatable bonds is 9. The van der Waals surface area contributed by atoms with E-state index in [0.29, 0.717) is 35.4 Å². The molecule has 0 radical (unpaired) electrons. The zero-order chi connectivity index (χ0) is 18.1. The van der Waals surface area contributed by atoms with Crippen LogP contribution in [0.25, 0.3) is 0 Å². The fraction of sp³-hybridized carbons (Fsp3) is 0.278. The topological polar surface area (TPSA) is 68.8 Å². The van der Waals surface area contributed by atoms with E-state index in [1.807, 2.05) is 24.3 Å². The van der Waals surface area contributed by atoms with Crippen LogP contribution in [0.5, 0.6) is 11.5 Å². The third kappa shape index (κ3) is 6.17. The molecular formula is C18H21ClN2O4. The van der Waals surface area contributed by atoms with Crippen LogP contribution in [-0.2, 0) is 9.53 Å². The average molecular weight is 365 g/mol. The maximum Gasteiger partial charge on any atom is 0.243 e. The lowest BCUT2D eigenvalue weighted by molar-refractivity contribution is -0.114. The van der Waals surface area contributed by atoms with E-state index in [1.165, 1.54) is 7.11 Å². The van der Waals surface area contributed by atoms with E-state index in [4.69, 9.17) is 25.8 Å². The summed E-state index contributed by atoms with van der Waals surface area (Å²) < 4.78 is 15.6. The first kappa shape index (κ1) is 18.9. The molecule has 0 fully saturated rings. The summed E-state index contributed by atoms with van der Waals surface area (Å²) >= 11 is 6.04. The Labute approximate surface area is 152 Å². The molecule has 2 aromatic carbocycles. The second-order valence-corrected chi connectivity index (χ2v) is 5.53. The highest BCUT2D eigenvalue weighted by atomic mass is 35.5. The summed E-state index contributed by atoms with van der Waals surface area (Å²) in [5.74, 6) is 1.08. The predicted octanol–water partition coefficient (Wildman–Crippen LogP) is 3.42. The van der Waals surface area contributed by atoms with Gasteiger partial charge in [-0.25, -0.2) is 0 Å². The SMILES string of the molecule is COCCOc1cccc(NCC(=O)Nc2ccc(OC)c(Cl)c2)c1. The molecule has 0 unspecified atom stereocenters. The van der Waals surface area contributed by atoms with Gasteiger partial charge in [0.15, 0.2) is 0 Å². The van der Waals surface area contributed by atoms with Crippen LogP contribution in [0.1, 0.15) is 0 Å². The zero-order valence-corrected chi connectivity index (χ0v) is 14.9. The van der Waals surface area contributed by atoms with Crippen molar-refractivity contribution >= 4 is 28.9 Å². The smallest absolute Gasteiger partial charge is 0.243 e. The Morgan fingerprint density at radius 1 is 1.08 bits per heavy atom. The monoisotopic (exact) mass is 364 g/mol. The second-order valence-electron chi connectivity index (χ2n) is 5.12. The number of nitrogens with one attached hydrogen (secondary N) is 2. The molecule has 2 N–H and O–H groups in total. The molecule has 25 heavy (non-hydrogen) atoms. The number of carbonyl (C=O) groups excluding carboxylic acids is 1. The van der Waals surface area contributed by atoms with E-state index in [2.05, 4.69) is 10.6 Å². The Morgan fingerprint density at radius 2 is 1.92 bits per heavy atom. The molecule has 134 valence electrons. The summed E-state index contributed by atoms with van der Waals surface area (Å²) in [6.45, 7) is 1.11. The first-order chi connectivity index (χ1) is 12.1. The molecule has 0 saturated carbocycles. The van der Waals surface area contributed by atoms with Crippen molar-refractivity contribution in [1.82, 2.24) is 0 Å². The van der Waals surface area contributed by atoms with Crippen molar-refractivity contribution in [3.63, 3.8) is 0 Å². The van der Waals surface area contributed by atoms with E-state index in [0.717, 1.165) is 5.69 Å². The molecule has 0 saturated heterocycles. The number of ether oxygens (including phenoxy) is 3. The highest BCUT2D eigenvalue weighted by Gasteiger charge is 2.06. The Balaban J connectivity index is 1.85. The quantitative estimate of drug-likeness (QED) is 0.667. The molecule has 6 nitrogen and oxygen atoms in total. The molecule has 0 aromatic heterocycles. The van der Waals surface area contributed by atoms with Gasteiger partial charge in [-0.05, 0) is 30.3 Å². The van der Waals surface area contributed by atoms with Gasteiger partial charge < -0.3 is 24.8 Å². The molecule has 1 amide bonds. The van der Waals surface area contributed by atoms with E-state index in [1.54, 1.807) is 25.3 Å². The predicted molar refractivity (Wildman–Crippen MR) is 98.9 cm³/mol. The van der Waals surface area contributed by atoms with E-state index in [9.17, 15) is 4.79 Å². The number of amides is 1. The lowest BCUT2D eigenvalue weighted by atomic mass is 10.3. The highest BCUT2D eigenvalue weighted by molar-refractivity contribution is 6.32. The van der Waals surface area contributed by atoms with Crippen LogP contribution in [0.15, 0.2) is 42.5 Å². The minimum Gasteiger partial charge on any atom is -0.495 e. The lowest BCUT2D eigenvalue weighted by Gasteiger charge is -2.11. The van der Waals surface area contributed by atoms with Crippen LogP contribution in [0.4, 0.5) is 11.4 Å². The Hall–Kier alpha value is -2.44. The molecule has 0 bridgehead atoms. The number of halogens is 1. The summed E-state index contributed by atoms with van der Waals surface area (Å²) in [6.07, 6.45) is 0. The normalized spacial score (nSPS) is 10.2. The number of methoxy groups -OCH3 is 2. The van der Waals surface area contributed by atoms with Gasteiger partial charge in [-0.2, -0.15) is 0 Å². The maximum absolute atomic E-state index is 12.1. The van der Waals surface area contributed by atoms with E-state index >= 15 is 0 Å². The summed E-state index contributed by atoms with van der Waals surface area (Å²) in [4.78, 5) is 12.1. The van der Waals surface area contributed by atoms with Crippen molar-refractivity contribution in [3.8, 4) is 11.5 Å². The number of benzene rings is 2. The second kappa shape index (κ2) is 9.76. The molecule has 0 aliphatic heterocycles. The third-order valence-electron chi connectivity index (χ3n) is 3.28. The van der Waals surface area contributed by atoms with Crippen LogP contribution in [0, 0.1) is 0 Å². The Bertz CT molecular complexity index is 709. The first-order valence-corrected chi connectivity index (χ1v) is 8.09. The summed E-state index contributed by atoms with van der Waals surface area (Å²) in [7, 11) is 3.16. The van der Waals surface area contributed by atoms with Crippen molar-refractivity contribution in [2.24, 2.45) is 0 Å². The Kier molecular flexibility index (Phi) is 7.37. The van der Waals surface area contributed by atoms with Crippen LogP contribution in [0.3, 0.4) is 0 Å². The standard InChI is InChI=1S/C18H21ClN2O4/c1-23-8-9-25-15-5-3-4-13(10-15)20-12-18(22)21-14-6-7-17(24-2)16(19)11-14/h3-7,10-11,20H,8-9,12H2,1-2H3,(H,21,22). The molecule has 0 heterocycles. The molecule has 2 aromatic rings. The van der Waals surface area contributed by atoms with Crippen molar-refractivity contribution in [3.05, 3.63) is 47.5 Å². The van der Waals surface area contributed by atoms with Crippen LogP contribution in [-0.4, -0.2) is 39.9 Å². The van der Waals surface area contributed by atoms with Crippen molar-refractivity contribution in [1.29, 1.82) is 0 Å². The molecule has 7 heteroatoms. The van der Waals surface area contributed by atoms with Crippen LogP contribution < -0.4 is 20.1 Å². The van der Waals surface area contributed by atoms with Crippen LogP contribution in [0.2, 0.25) is 5.02 Å². The highest BCUT2D eigenvalue weighted by Crippen LogP contribution is 2.27. The number of anilines is 2. The summed E-state index contributed by atoms with van der Waals surface area (Å²) in [6, 6.07) is 12.5. The minimum absolute atomic E-state index is 0.116. The molecule has 2 rings (SSSR count). The molecule has 0 spiro atoms. The van der Waals surface area contributed by atoms with Gasteiger partial charge in [-0.3, -0.25) is 4.79 Å². The van der Waals surface area contributed by atoms with Gasteiger partial charge in [0.2, 0.25) is 5.91 Å². The Morgan fingerprint density at radius 3 is 2.64 bits per heavy atom. The van der Waals surface area contributed by atoms with Crippen molar-refractivity contribution in [2.75, 3.05) is 44.6 Å². The van der Waals surface area contributed by atoms with E-state index in [-0.39, 0.29) is 12.5 Å². The average Bonchev–Trinajstić information content (AvgIpc) is 2.61. The first-order valence-electron chi connectivity index (χ1n) is 7.71. The number of hydrogen-bond donors (Lipinski definition) is 2. The molecular weight excluding hydrogens is 344 g/mol. The van der Waals surface area contributed by atoms with Gasteiger partial charge in [0, 0.05) is 24.6 Å². The third-order valence-corrected chi connectivity index (χ3v) is 3.57. The van der Waals surface area contributed by atoms with Gasteiger partial charge in [0.05, 0.1) is 25.3 Å². The fourth-order valence-electron chi connectivity index (χ4n) is 2.07. The summed E-state index contributed by atoms with van der Waals surface area (Å²) in [5, 5.41) is 6.26. The van der Waals surface area contributed by atoms with Gasteiger partial charge in [0.1, 0.15) is 18.1 Å². The van der Waals surface area contributed by atoms with Crippen molar-refractivity contribution in [2.45, 2.75) is 0 Å². The molecule has 0 aliphatic carbocycles. The lowest BCUT2D eigenvalue weighted by Crippen LogP contribution is -2.21. The van der Waals surface area contributed by atoms with Gasteiger partial charge in [0.25, 0.3) is 0 Å². The summed E-state index contributed by atoms with van der Waals surface area (Å²) in [5.41, 5.74) is 1.40. The van der Waals surface area contributed by atoms with Gasteiger partial charge >= 0.3 is 0 Å². The van der Waals surface area contributed by atoms with Gasteiger partial charge in [-0.15, -0.1) is 0 Å². The number of hydrogen-bond acceptors (Lipinski definition) is 5. The van der Waals surface area contributed by atoms with Crippen LogP contribution >= 0.6 is 11.6 Å². The largest absolute Gasteiger partial charge is 0.495 e. The number of carbonyl (C=O) groups is 1. The fourth-order valence-corrected chi connectivity index (χ4v) is 2.33.